The van der Waals surface area contributed by atoms with Gasteiger partial charge in [-0.2, -0.15) is 0 Å². The summed E-state index contributed by atoms with van der Waals surface area (Å²) < 4.78 is 26.3. The second-order valence-electron chi connectivity index (χ2n) is 9.54. The number of carbonyl (C=O) groups is 3. The predicted octanol–water partition coefficient (Wildman–Crippen LogP) is 4.21. The Labute approximate surface area is 217 Å². The first-order chi connectivity index (χ1) is 17.7. The molecule has 2 aromatic rings. The van der Waals surface area contributed by atoms with Gasteiger partial charge >= 0.3 is 0 Å². The Balaban J connectivity index is 1.99. The highest BCUT2D eigenvalue weighted by Crippen LogP contribution is 2.27. The van der Waals surface area contributed by atoms with Gasteiger partial charge in [0.1, 0.15) is 18.2 Å². The molecule has 0 saturated carbocycles. The van der Waals surface area contributed by atoms with Crippen molar-refractivity contribution >= 4 is 23.4 Å². The zero-order chi connectivity index (χ0) is 27.1. The molecule has 3 amide bonds. The fourth-order valence-electron chi connectivity index (χ4n) is 4.37. The average molecular weight is 514 g/mol. The van der Waals surface area contributed by atoms with Crippen molar-refractivity contribution in [1.29, 1.82) is 0 Å². The second-order valence-corrected chi connectivity index (χ2v) is 9.54. The number of nitrogens with one attached hydrogen (secondary N) is 1. The van der Waals surface area contributed by atoms with Crippen LogP contribution in [0.5, 0.6) is 5.75 Å². The van der Waals surface area contributed by atoms with Crippen molar-refractivity contribution < 1.29 is 28.2 Å². The van der Waals surface area contributed by atoms with Gasteiger partial charge in [0.25, 0.3) is 11.8 Å². The minimum Gasteiger partial charge on any atom is -0.491 e. The number of amides is 3. The number of benzene rings is 2. The lowest BCUT2D eigenvalue weighted by Gasteiger charge is -2.36. The van der Waals surface area contributed by atoms with Crippen LogP contribution >= 0.6 is 0 Å². The third kappa shape index (κ3) is 6.85. The summed E-state index contributed by atoms with van der Waals surface area (Å²) in [6, 6.07) is 10.3. The molecule has 0 unspecified atom stereocenters. The topological polar surface area (TPSA) is 88.2 Å². The van der Waals surface area contributed by atoms with Crippen molar-refractivity contribution in [2.75, 3.05) is 39.2 Å². The molecular weight excluding hydrogens is 477 g/mol. The van der Waals surface area contributed by atoms with Crippen molar-refractivity contribution in [3.8, 4) is 5.75 Å². The van der Waals surface area contributed by atoms with Crippen molar-refractivity contribution in [3.63, 3.8) is 0 Å². The maximum absolute atomic E-state index is 14.5. The van der Waals surface area contributed by atoms with Crippen molar-refractivity contribution in [3.05, 3.63) is 59.4 Å². The highest BCUT2D eigenvalue weighted by molar-refractivity contribution is 5.98. The Morgan fingerprint density at radius 3 is 2.57 bits per heavy atom. The average Bonchev–Trinajstić information content (AvgIpc) is 2.87. The third-order valence-corrected chi connectivity index (χ3v) is 6.57. The van der Waals surface area contributed by atoms with Crippen molar-refractivity contribution in [2.45, 2.75) is 45.8 Å². The largest absolute Gasteiger partial charge is 0.491 e. The normalized spacial score (nSPS) is 20.8. The van der Waals surface area contributed by atoms with Crippen LogP contribution in [0, 0.1) is 11.7 Å². The van der Waals surface area contributed by atoms with E-state index in [2.05, 4.69) is 5.32 Å². The van der Waals surface area contributed by atoms with E-state index in [4.69, 9.17) is 9.47 Å². The highest BCUT2D eigenvalue weighted by Gasteiger charge is 2.31. The first-order valence-corrected chi connectivity index (χ1v) is 12.6. The van der Waals surface area contributed by atoms with E-state index in [1.54, 1.807) is 54.3 Å². The molecule has 0 bridgehead atoms. The van der Waals surface area contributed by atoms with Crippen LogP contribution in [0.25, 0.3) is 0 Å². The number of methoxy groups -OCH3 is 1. The van der Waals surface area contributed by atoms with Crippen LogP contribution in [0.3, 0.4) is 0 Å². The summed E-state index contributed by atoms with van der Waals surface area (Å²) in [6.07, 6.45) is 0.716. The lowest BCUT2D eigenvalue weighted by Crippen LogP contribution is -2.48. The molecule has 3 rings (SSSR count). The number of rotatable bonds is 5. The molecule has 1 N–H and O–H groups in total. The Hall–Kier alpha value is -3.46. The third-order valence-electron chi connectivity index (χ3n) is 6.57. The van der Waals surface area contributed by atoms with Crippen molar-refractivity contribution in [1.82, 2.24) is 9.80 Å². The molecule has 0 spiro atoms. The number of anilines is 1. The summed E-state index contributed by atoms with van der Waals surface area (Å²) in [7, 11) is 3.25. The standard InChI is InChI=1S/C28H36FN3O5/c1-6-9-26(33)30-20-12-13-22-24(14-20)37-17-19(3)32(28(35)21-10-7-8-11-23(21)29)15-18(2)25(36-5)16-31(4)27(22)34/h7-8,10-14,18-19,25H,6,9,15-17H2,1-5H3,(H,30,33)/t18-,19+,25+/m1/s1. The minimum atomic E-state index is -0.592. The second kappa shape index (κ2) is 12.7. The molecule has 9 heteroatoms. The zero-order valence-corrected chi connectivity index (χ0v) is 22.1. The lowest BCUT2D eigenvalue weighted by atomic mass is 10.0. The van der Waals surface area contributed by atoms with Crippen LogP contribution in [0.1, 0.15) is 54.3 Å². The molecule has 200 valence electrons. The fraction of sp³-hybridized carbons (Fsp3) is 0.464. The number of fused-ring (bicyclic) bond motifs is 1. The predicted molar refractivity (Wildman–Crippen MR) is 139 cm³/mol. The van der Waals surface area contributed by atoms with Crippen molar-refractivity contribution in [2.24, 2.45) is 5.92 Å². The molecule has 1 aliphatic heterocycles. The SMILES string of the molecule is CCCC(=O)Nc1ccc2c(c1)OC[C@H](C)N(C(=O)c1ccccc1F)C[C@@H](C)[C@@H](OC)CN(C)C2=O. The van der Waals surface area contributed by atoms with Gasteiger partial charge in [0, 0.05) is 51.3 Å². The van der Waals surface area contributed by atoms with Gasteiger partial charge < -0.3 is 24.6 Å². The Kier molecular flexibility index (Phi) is 9.63. The van der Waals surface area contributed by atoms with E-state index in [0.29, 0.717) is 29.8 Å². The maximum Gasteiger partial charge on any atom is 0.257 e. The smallest absolute Gasteiger partial charge is 0.257 e. The van der Waals surface area contributed by atoms with Crippen LogP contribution in [-0.4, -0.2) is 73.5 Å². The van der Waals surface area contributed by atoms with Crippen LogP contribution < -0.4 is 10.1 Å². The monoisotopic (exact) mass is 513 g/mol. The van der Waals surface area contributed by atoms with Gasteiger partial charge in [0.2, 0.25) is 5.91 Å². The van der Waals surface area contributed by atoms with E-state index in [9.17, 15) is 18.8 Å². The molecule has 0 aromatic heterocycles. The molecule has 3 atom stereocenters. The van der Waals surface area contributed by atoms with Gasteiger partial charge in [-0.25, -0.2) is 4.39 Å². The first kappa shape index (κ1) is 28.1. The summed E-state index contributed by atoms with van der Waals surface area (Å²) in [5.74, 6) is -1.29. The number of hydrogen-bond donors (Lipinski definition) is 1. The summed E-state index contributed by atoms with van der Waals surface area (Å²) in [4.78, 5) is 42.1. The Bertz CT molecular complexity index is 1120. The minimum absolute atomic E-state index is 0.0174. The number of ether oxygens (including phenoxy) is 2. The van der Waals surface area contributed by atoms with Crippen LogP contribution in [0.2, 0.25) is 0 Å². The molecule has 2 aromatic carbocycles. The Morgan fingerprint density at radius 2 is 1.89 bits per heavy atom. The molecule has 0 fully saturated rings. The molecule has 0 radical (unpaired) electrons. The van der Waals surface area contributed by atoms with Crippen LogP contribution in [-0.2, 0) is 9.53 Å². The zero-order valence-electron chi connectivity index (χ0n) is 22.1. The maximum atomic E-state index is 14.5. The molecule has 0 aliphatic carbocycles. The fourth-order valence-corrected chi connectivity index (χ4v) is 4.37. The molecule has 37 heavy (non-hydrogen) atoms. The van der Waals surface area contributed by atoms with Crippen LogP contribution in [0.15, 0.2) is 42.5 Å². The number of carbonyl (C=O) groups excluding carboxylic acids is 3. The number of nitrogens with zero attached hydrogens (tertiary/aromatic N) is 2. The van der Waals surface area contributed by atoms with Gasteiger partial charge in [0.05, 0.1) is 23.3 Å². The molecule has 0 saturated heterocycles. The number of likely N-dealkylation sites (N-methyl/N-ethyl adjacent to an activating group) is 1. The van der Waals surface area contributed by atoms with E-state index >= 15 is 0 Å². The lowest BCUT2D eigenvalue weighted by molar-refractivity contribution is -0.116. The highest BCUT2D eigenvalue weighted by atomic mass is 19.1. The van der Waals surface area contributed by atoms with Gasteiger partial charge in [-0.05, 0) is 37.6 Å². The number of hydrogen-bond acceptors (Lipinski definition) is 5. The number of halogens is 1. The molecule has 8 nitrogen and oxygen atoms in total. The summed E-state index contributed by atoms with van der Waals surface area (Å²) >= 11 is 0. The van der Waals surface area contributed by atoms with Crippen LogP contribution in [0.4, 0.5) is 10.1 Å². The molecule has 1 heterocycles. The summed E-state index contributed by atoms with van der Waals surface area (Å²) in [6.45, 7) is 6.28. The Morgan fingerprint density at radius 1 is 1.16 bits per heavy atom. The van der Waals surface area contributed by atoms with E-state index in [1.165, 1.54) is 12.1 Å². The quantitative estimate of drug-likeness (QED) is 0.647. The summed E-state index contributed by atoms with van der Waals surface area (Å²) in [5, 5.41) is 2.82. The first-order valence-electron chi connectivity index (χ1n) is 12.6. The van der Waals surface area contributed by atoms with Gasteiger partial charge in [0.15, 0.2) is 0 Å². The molecular formula is C28H36FN3O5. The molecule has 1 aliphatic rings. The van der Waals surface area contributed by atoms with E-state index < -0.39 is 17.8 Å². The van der Waals surface area contributed by atoms with Gasteiger partial charge in [-0.15, -0.1) is 0 Å². The van der Waals surface area contributed by atoms with Gasteiger partial charge in [-0.3, -0.25) is 14.4 Å². The van der Waals surface area contributed by atoms with E-state index in [0.717, 1.165) is 0 Å². The van der Waals surface area contributed by atoms with Gasteiger partial charge in [-0.1, -0.05) is 26.0 Å². The van der Waals surface area contributed by atoms with E-state index in [-0.39, 0.29) is 49.1 Å². The summed E-state index contributed by atoms with van der Waals surface area (Å²) in [5.41, 5.74) is 0.824. The van der Waals surface area contributed by atoms with E-state index in [1.807, 2.05) is 20.8 Å².